The molecule has 29 heavy (non-hydrogen) atoms. The Balaban J connectivity index is 1.89. The Labute approximate surface area is 165 Å². The number of aromatic amines is 3. The van der Waals surface area contributed by atoms with Gasteiger partial charge in [0.25, 0.3) is 5.56 Å². The van der Waals surface area contributed by atoms with Gasteiger partial charge in [0.05, 0.1) is 45.6 Å². The van der Waals surface area contributed by atoms with Crippen LogP contribution < -0.4 is 20.9 Å². The zero-order valence-electron chi connectivity index (χ0n) is 15.7. The average molecular weight is 382 g/mol. The zero-order chi connectivity index (χ0) is 20.0. The molecule has 0 atom stereocenters. The van der Waals surface area contributed by atoms with Gasteiger partial charge in [-0.05, 0) is 24.3 Å². The van der Waals surface area contributed by atoms with E-state index in [1.54, 1.807) is 19.4 Å². The topological polar surface area (TPSA) is 86.6 Å². The summed E-state index contributed by atoms with van der Waals surface area (Å²) in [7, 11) is 1.60. The number of nitrogens with zero attached hydrogens (tertiary/aromatic N) is 1. The van der Waals surface area contributed by atoms with Gasteiger partial charge in [-0.25, -0.2) is 4.98 Å². The highest BCUT2D eigenvalue weighted by atomic mass is 16.5. The molecular weight excluding hydrogens is 364 g/mol. The van der Waals surface area contributed by atoms with E-state index in [0.29, 0.717) is 16.5 Å². The van der Waals surface area contributed by atoms with Gasteiger partial charge in [-0.3, -0.25) is 4.79 Å². The molecule has 3 aromatic heterocycles. The van der Waals surface area contributed by atoms with Gasteiger partial charge in [0.1, 0.15) is 5.75 Å². The molecule has 3 N–H and O–H groups in total. The minimum atomic E-state index is -0.175. The summed E-state index contributed by atoms with van der Waals surface area (Å²) in [5.74, 6) is 0.670. The Bertz CT molecular complexity index is 1520. The van der Waals surface area contributed by atoms with Crippen molar-refractivity contribution in [2.75, 3.05) is 7.11 Å². The first-order chi connectivity index (χ1) is 14.2. The fourth-order valence-electron chi connectivity index (χ4n) is 3.66. The number of hydrogen-bond acceptors (Lipinski definition) is 3. The number of H-pyrrole nitrogens is 3. The Morgan fingerprint density at radius 2 is 1.83 bits per heavy atom. The van der Waals surface area contributed by atoms with E-state index in [1.165, 1.54) is 0 Å². The standard InChI is InChI=1S/C23H18N4O2/c1-13-21(14-6-4-3-5-7-14)27-22-17(25-13)9-8-16-20(22)15(23(28)26-16)12-18-19(29-2)10-11-24-18/h3-12,24-25H,1H2,2H3,(H,26,28). The summed E-state index contributed by atoms with van der Waals surface area (Å²) in [4.78, 5) is 27.0. The van der Waals surface area contributed by atoms with Crippen LogP contribution in [0.2, 0.25) is 0 Å². The minimum Gasteiger partial charge on any atom is -0.495 e. The van der Waals surface area contributed by atoms with Gasteiger partial charge >= 0.3 is 0 Å². The van der Waals surface area contributed by atoms with Gasteiger partial charge < -0.3 is 19.7 Å². The number of rotatable bonds is 3. The Morgan fingerprint density at radius 3 is 2.62 bits per heavy atom. The van der Waals surface area contributed by atoms with Crippen molar-refractivity contribution >= 4 is 34.6 Å². The molecule has 0 aliphatic heterocycles. The van der Waals surface area contributed by atoms with E-state index in [2.05, 4.69) is 21.5 Å². The van der Waals surface area contributed by atoms with Crippen molar-refractivity contribution < 1.29 is 4.74 Å². The lowest BCUT2D eigenvalue weighted by atomic mass is 10.1. The smallest absolute Gasteiger partial charge is 0.256 e. The molecule has 5 aromatic rings. The average Bonchev–Trinajstić information content (AvgIpc) is 3.32. The number of ether oxygens (including phenoxy) is 1. The number of hydrogen-bond donors (Lipinski definition) is 3. The Hall–Kier alpha value is -4.06. The Morgan fingerprint density at radius 1 is 1.03 bits per heavy atom. The first-order valence-electron chi connectivity index (χ1n) is 9.18. The lowest BCUT2D eigenvalue weighted by molar-refractivity contribution is 0.414. The molecule has 0 unspecified atom stereocenters. The summed E-state index contributed by atoms with van der Waals surface area (Å²) >= 11 is 0. The van der Waals surface area contributed by atoms with Crippen molar-refractivity contribution in [2.24, 2.45) is 0 Å². The van der Waals surface area contributed by atoms with Crippen LogP contribution in [0, 0.1) is 0 Å². The SMILES string of the molecule is C=c1[nH]c2ccc3[nH]c(=O)c(=Cc4[nH]ccc4OC)c3c2nc1-c1ccccc1. The summed E-state index contributed by atoms with van der Waals surface area (Å²) in [5.41, 5.74) is 4.52. The number of fused-ring (bicyclic) bond motifs is 3. The van der Waals surface area contributed by atoms with E-state index in [-0.39, 0.29) is 5.56 Å². The fourth-order valence-corrected chi connectivity index (χ4v) is 3.66. The quantitative estimate of drug-likeness (QED) is 0.448. The molecule has 0 aliphatic rings. The summed E-state index contributed by atoms with van der Waals surface area (Å²) in [5, 5.41) is 2.01. The van der Waals surface area contributed by atoms with E-state index in [9.17, 15) is 4.79 Å². The second kappa shape index (κ2) is 6.53. The van der Waals surface area contributed by atoms with Crippen LogP contribution in [0.15, 0.2) is 59.5 Å². The first kappa shape index (κ1) is 17.1. The molecule has 0 fully saturated rings. The monoisotopic (exact) mass is 382 g/mol. The van der Waals surface area contributed by atoms with Crippen LogP contribution >= 0.6 is 0 Å². The molecule has 5 rings (SSSR count). The third kappa shape index (κ3) is 2.73. The molecule has 142 valence electrons. The predicted octanol–water partition coefficient (Wildman–Crippen LogP) is 2.65. The van der Waals surface area contributed by atoms with Gasteiger partial charge in [-0.2, -0.15) is 0 Å². The summed E-state index contributed by atoms with van der Waals surface area (Å²) in [6.07, 6.45) is 3.57. The molecule has 0 amide bonds. The maximum Gasteiger partial charge on any atom is 0.256 e. The first-order valence-corrected chi connectivity index (χ1v) is 9.18. The van der Waals surface area contributed by atoms with Gasteiger partial charge in [0, 0.05) is 17.1 Å². The lowest BCUT2D eigenvalue weighted by Crippen LogP contribution is -2.21. The third-order valence-electron chi connectivity index (χ3n) is 5.03. The second-order valence-corrected chi connectivity index (χ2v) is 6.79. The molecule has 6 heteroatoms. The maximum atomic E-state index is 12.7. The largest absolute Gasteiger partial charge is 0.495 e. The maximum absolute atomic E-state index is 12.7. The highest BCUT2D eigenvalue weighted by Crippen LogP contribution is 2.21. The van der Waals surface area contributed by atoms with Crippen LogP contribution in [0.25, 0.3) is 45.8 Å². The van der Waals surface area contributed by atoms with Crippen LogP contribution in [0.1, 0.15) is 5.69 Å². The summed E-state index contributed by atoms with van der Waals surface area (Å²) in [6.45, 7) is 4.12. The van der Waals surface area contributed by atoms with Gasteiger partial charge in [0.2, 0.25) is 0 Å². The van der Waals surface area contributed by atoms with E-state index in [1.807, 2.05) is 48.5 Å². The van der Waals surface area contributed by atoms with Gasteiger partial charge in [0.15, 0.2) is 0 Å². The van der Waals surface area contributed by atoms with Crippen molar-refractivity contribution in [2.45, 2.75) is 0 Å². The molecule has 0 radical (unpaired) electrons. The third-order valence-corrected chi connectivity index (χ3v) is 5.03. The van der Waals surface area contributed by atoms with Crippen molar-refractivity contribution in [3.63, 3.8) is 0 Å². The second-order valence-electron chi connectivity index (χ2n) is 6.79. The van der Waals surface area contributed by atoms with Crippen LogP contribution in [-0.4, -0.2) is 27.0 Å². The molecular formula is C23H18N4O2. The van der Waals surface area contributed by atoms with Crippen molar-refractivity contribution in [3.8, 4) is 17.0 Å². The van der Waals surface area contributed by atoms with Crippen molar-refractivity contribution in [1.82, 2.24) is 19.9 Å². The Kier molecular flexibility index (Phi) is 3.84. The molecule has 0 aliphatic carbocycles. The fraction of sp³-hybridized carbons (Fsp3) is 0.0435. The van der Waals surface area contributed by atoms with Crippen LogP contribution in [-0.2, 0) is 0 Å². The molecule has 2 aromatic carbocycles. The normalized spacial score (nSPS) is 12.1. The molecule has 0 bridgehead atoms. The molecule has 3 heterocycles. The van der Waals surface area contributed by atoms with Crippen LogP contribution in [0.4, 0.5) is 0 Å². The molecule has 0 saturated heterocycles. The van der Waals surface area contributed by atoms with Gasteiger partial charge in [-0.15, -0.1) is 0 Å². The number of benzene rings is 2. The zero-order valence-corrected chi connectivity index (χ0v) is 15.7. The van der Waals surface area contributed by atoms with E-state index in [0.717, 1.165) is 38.7 Å². The van der Waals surface area contributed by atoms with E-state index >= 15 is 0 Å². The van der Waals surface area contributed by atoms with Crippen LogP contribution in [0.3, 0.4) is 0 Å². The van der Waals surface area contributed by atoms with Crippen molar-refractivity contribution in [3.05, 3.63) is 81.3 Å². The number of methoxy groups -OCH3 is 1. The summed E-state index contributed by atoms with van der Waals surface area (Å²) < 4.78 is 5.36. The highest BCUT2D eigenvalue weighted by Gasteiger charge is 2.12. The summed E-state index contributed by atoms with van der Waals surface area (Å²) in [6, 6.07) is 15.5. The lowest BCUT2D eigenvalue weighted by Gasteiger charge is -2.06. The number of aromatic nitrogens is 4. The minimum absolute atomic E-state index is 0.175. The van der Waals surface area contributed by atoms with E-state index in [4.69, 9.17) is 9.72 Å². The highest BCUT2D eigenvalue weighted by molar-refractivity contribution is 6.04. The van der Waals surface area contributed by atoms with E-state index < -0.39 is 0 Å². The number of nitrogens with one attached hydrogen (secondary N) is 3. The van der Waals surface area contributed by atoms with Gasteiger partial charge in [-0.1, -0.05) is 36.9 Å². The molecule has 0 spiro atoms. The van der Waals surface area contributed by atoms with Crippen molar-refractivity contribution in [1.29, 1.82) is 0 Å². The molecule has 0 saturated carbocycles. The predicted molar refractivity (Wildman–Crippen MR) is 115 cm³/mol. The molecule has 6 nitrogen and oxygen atoms in total. The van der Waals surface area contributed by atoms with Crippen LogP contribution in [0.5, 0.6) is 5.75 Å².